The standard InChI is InChI=1S/C13H16BrNO2/c14-9-10-4-6-15(7-5-10)13(17)11-2-1-3-12(16)8-11/h1-3,8,10,16H,4-7,9H2. The number of piperidine rings is 1. The molecule has 0 radical (unpaired) electrons. The molecule has 3 nitrogen and oxygen atoms in total. The Morgan fingerprint density at radius 2 is 2.12 bits per heavy atom. The van der Waals surface area contributed by atoms with Gasteiger partial charge in [0.05, 0.1) is 0 Å². The van der Waals surface area contributed by atoms with Crippen molar-refractivity contribution in [2.24, 2.45) is 5.92 Å². The van der Waals surface area contributed by atoms with Crippen molar-refractivity contribution in [3.05, 3.63) is 29.8 Å². The van der Waals surface area contributed by atoms with Crippen molar-refractivity contribution in [1.82, 2.24) is 4.90 Å². The number of phenolic OH excluding ortho intramolecular Hbond substituents is 1. The summed E-state index contributed by atoms with van der Waals surface area (Å²) in [6.07, 6.45) is 2.10. The van der Waals surface area contributed by atoms with E-state index in [2.05, 4.69) is 15.9 Å². The molecule has 1 N–H and O–H groups in total. The van der Waals surface area contributed by atoms with Crippen LogP contribution in [0.4, 0.5) is 0 Å². The van der Waals surface area contributed by atoms with Crippen LogP contribution in [-0.2, 0) is 0 Å². The van der Waals surface area contributed by atoms with E-state index in [4.69, 9.17) is 0 Å². The number of halogens is 1. The maximum Gasteiger partial charge on any atom is 0.253 e. The van der Waals surface area contributed by atoms with Crippen molar-refractivity contribution >= 4 is 21.8 Å². The second-order valence-corrected chi connectivity index (χ2v) is 5.09. The summed E-state index contributed by atoms with van der Waals surface area (Å²) in [5.74, 6) is 0.850. The van der Waals surface area contributed by atoms with Crippen LogP contribution >= 0.6 is 15.9 Å². The van der Waals surface area contributed by atoms with Gasteiger partial charge in [0.25, 0.3) is 5.91 Å². The molecule has 1 aliphatic rings. The van der Waals surface area contributed by atoms with Crippen molar-refractivity contribution in [3.63, 3.8) is 0 Å². The van der Waals surface area contributed by atoms with Crippen molar-refractivity contribution in [2.45, 2.75) is 12.8 Å². The molecule has 1 heterocycles. The summed E-state index contributed by atoms with van der Waals surface area (Å²) < 4.78 is 0. The number of carbonyl (C=O) groups is 1. The Morgan fingerprint density at radius 3 is 2.71 bits per heavy atom. The van der Waals surface area contributed by atoms with Crippen LogP contribution in [-0.4, -0.2) is 34.3 Å². The van der Waals surface area contributed by atoms with Gasteiger partial charge in [-0.25, -0.2) is 0 Å². The number of alkyl halides is 1. The van der Waals surface area contributed by atoms with Crippen LogP contribution in [0.5, 0.6) is 5.75 Å². The molecule has 0 aliphatic carbocycles. The van der Waals surface area contributed by atoms with E-state index in [9.17, 15) is 9.90 Å². The lowest BCUT2D eigenvalue weighted by atomic mass is 9.98. The topological polar surface area (TPSA) is 40.5 Å². The summed E-state index contributed by atoms with van der Waals surface area (Å²) in [6, 6.07) is 6.55. The van der Waals surface area contributed by atoms with E-state index in [1.165, 1.54) is 6.07 Å². The highest BCUT2D eigenvalue weighted by Crippen LogP contribution is 2.21. The average molecular weight is 298 g/mol. The minimum Gasteiger partial charge on any atom is -0.508 e. The van der Waals surface area contributed by atoms with Gasteiger partial charge in [-0.3, -0.25) is 4.79 Å². The zero-order valence-electron chi connectivity index (χ0n) is 9.60. The summed E-state index contributed by atoms with van der Waals surface area (Å²) in [5, 5.41) is 10.4. The van der Waals surface area contributed by atoms with Gasteiger partial charge in [0, 0.05) is 24.0 Å². The smallest absolute Gasteiger partial charge is 0.253 e. The van der Waals surface area contributed by atoms with Gasteiger partial charge in [0.1, 0.15) is 5.75 Å². The molecule has 17 heavy (non-hydrogen) atoms. The normalized spacial score (nSPS) is 17.1. The first-order chi connectivity index (χ1) is 8.20. The van der Waals surface area contributed by atoms with Crippen LogP contribution in [0.25, 0.3) is 0 Å². The largest absolute Gasteiger partial charge is 0.508 e. The first-order valence-electron chi connectivity index (χ1n) is 5.85. The Kier molecular flexibility index (Phi) is 4.05. The van der Waals surface area contributed by atoms with Crippen molar-refractivity contribution in [2.75, 3.05) is 18.4 Å². The minimum atomic E-state index is 0.0222. The second kappa shape index (κ2) is 5.54. The van der Waals surface area contributed by atoms with Crippen LogP contribution in [0.1, 0.15) is 23.2 Å². The van der Waals surface area contributed by atoms with Crippen LogP contribution in [0, 0.1) is 5.92 Å². The van der Waals surface area contributed by atoms with Crippen LogP contribution in [0.2, 0.25) is 0 Å². The fourth-order valence-corrected chi connectivity index (χ4v) is 2.76. The van der Waals surface area contributed by atoms with Crippen LogP contribution in [0.15, 0.2) is 24.3 Å². The third-order valence-corrected chi connectivity index (χ3v) is 4.13. The number of carbonyl (C=O) groups excluding carboxylic acids is 1. The number of benzene rings is 1. The molecule has 0 saturated carbocycles. The Hall–Kier alpha value is -1.03. The number of amides is 1. The number of rotatable bonds is 2. The number of likely N-dealkylation sites (tertiary alicyclic amines) is 1. The predicted molar refractivity (Wildman–Crippen MR) is 70.5 cm³/mol. The zero-order chi connectivity index (χ0) is 12.3. The van der Waals surface area contributed by atoms with Gasteiger partial charge < -0.3 is 10.0 Å². The second-order valence-electron chi connectivity index (χ2n) is 4.44. The van der Waals surface area contributed by atoms with E-state index >= 15 is 0 Å². The van der Waals surface area contributed by atoms with Crippen LogP contribution in [0.3, 0.4) is 0 Å². The number of hydrogen-bond donors (Lipinski definition) is 1. The molecule has 0 unspecified atom stereocenters. The monoisotopic (exact) mass is 297 g/mol. The van der Waals surface area contributed by atoms with Gasteiger partial charge in [-0.1, -0.05) is 22.0 Å². The highest BCUT2D eigenvalue weighted by atomic mass is 79.9. The van der Waals surface area contributed by atoms with E-state index in [1.807, 2.05) is 4.90 Å². The molecule has 1 saturated heterocycles. The summed E-state index contributed by atoms with van der Waals surface area (Å²) in [7, 11) is 0. The molecule has 1 fully saturated rings. The molecule has 0 spiro atoms. The molecule has 0 aromatic heterocycles. The Morgan fingerprint density at radius 1 is 1.41 bits per heavy atom. The minimum absolute atomic E-state index is 0.0222. The molecule has 1 amide bonds. The number of aromatic hydroxyl groups is 1. The third kappa shape index (κ3) is 3.00. The Balaban J connectivity index is 2.02. The van der Waals surface area contributed by atoms with Crippen molar-refractivity contribution in [1.29, 1.82) is 0 Å². The molecule has 0 atom stereocenters. The Bertz CT molecular complexity index is 400. The lowest BCUT2D eigenvalue weighted by Crippen LogP contribution is -2.38. The number of phenols is 1. The SMILES string of the molecule is O=C(c1cccc(O)c1)N1CCC(CBr)CC1. The molecule has 2 rings (SSSR count). The van der Waals surface area contributed by atoms with Gasteiger partial charge in [-0.2, -0.15) is 0 Å². The van der Waals surface area contributed by atoms with E-state index < -0.39 is 0 Å². The molecular weight excluding hydrogens is 282 g/mol. The summed E-state index contributed by atoms with van der Waals surface area (Å²) >= 11 is 3.49. The maximum atomic E-state index is 12.2. The lowest BCUT2D eigenvalue weighted by Gasteiger charge is -2.31. The van der Waals surface area contributed by atoms with Gasteiger partial charge in [-0.15, -0.1) is 0 Å². The highest BCUT2D eigenvalue weighted by Gasteiger charge is 2.22. The highest BCUT2D eigenvalue weighted by molar-refractivity contribution is 9.09. The zero-order valence-corrected chi connectivity index (χ0v) is 11.2. The fraction of sp³-hybridized carbons (Fsp3) is 0.462. The van der Waals surface area contributed by atoms with Crippen molar-refractivity contribution < 1.29 is 9.90 Å². The summed E-state index contributed by atoms with van der Waals surface area (Å²) in [4.78, 5) is 14.0. The quantitative estimate of drug-likeness (QED) is 0.853. The third-order valence-electron chi connectivity index (χ3n) is 3.21. The molecule has 92 valence electrons. The molecule has 4 heteroatoms. The molecule has 0 bridgehead atoms. The van der Waals surface area contributed by atoms with E-state index in [-0.39, 0.29) is 11.7 Å². The molecule has 1 aromatic rings. The lowest BCUT2D eigenvalue weighted by molar-refractivity contribution is 0.0698. The first-order valence-corrected chi connectivity index (χ1v) is 6.97. The van der Waals surface area contributed by atoms with E-state index in [0.29, 0.717) is 11.5 Å². The van der Waals surface area contributed by atoms with Gasteiger partial charge in [0.15, 0.2) is 0 Å². The van der Waals surface area contributed by atoms with E-state index in [1.54, 1.807) is 18.2 Å². The van der Waals surface area contributed by atoms with Gasteiger partial charge >= 0.3 is 0 Å². The molecule has 1 aliphatic heterocycles. The predicted octanol–water partition coefficient (Wildman–Crippen LogP) is 2.64. The number of nitrogens with zero attached hydrogens (tertiary/aromatic N) is 1. The van der Waals surface area contributed by atoms with Gasteiger partial charge in [-0.05, 0) is 37.0 Å². The number of hydrogen-bond acceptors (Lipinski definition) is 2. The average Bonchev–Trinajstić information content (AvgIpc) is 2.38. The fourth-order valence-electron chi connectivity index (χ4n) is 2.11. The van der Waals surface area contributed by atoms with Crippen LogP contribution < -0.4 is 0 Å². The van der Waals surface area contributed by atoms with Crippen molar-refractivity contribution in [3.8, 4) is 5.75 Å². The van der Waals surface area contributed by atoms with Gasteiger partial charge in [0.2, 0.25) is 0 Å². The first kappa shape index (κ1) is 12.4. The Labute approximate surface area is 110 Å². The molecule has 1 aromatic carbocycles. The molecular formula is C13H16BrNO2. The maximum absolute atomic E-state index is 12.2. The summed E-state index contributed by atoms with van der Waals surface area (Å²) in [5.41, 5.74) is 0.572. The summed E-state index contributed by atoms with van der Waals surface area (Å²) in [6.45, 7) is 1.62. The van der Waals surface area contributed by atoms with E-state index in [0.717, 1.165) is 31.3 Å².